The van der Waals surface area contributed by atoms with Crippen molar-refractivity contribution in [3.05, 3.63) is 40.4 Å². The van der Waals surface area contributed by atoms with Crippen LogP contribution in [0.2, 0.25) is 5.02 Å². The zero-order chi connectivity index (χ0) is 14.5. The Hall–Kier alpha value is -1.39. The van der Waals surface area contributed by atoms with Crippen molar-refractivity contribution in [2.24, 2.45) is 0 Å². The minimum absolute atomic E-state index is 0.117. The van der Waals surface area contributed by atoms with E-state index in [-0.39, 0.29) is 5.91 Å². The van der Waals surface area contributed by atoms with Crippen LogP contribution >= 0.6 is 22.9 Å². The van der Waals surface area contributed by atoms with Crippen molar-refractivity contribution in [2.75, 3.05) is 13.1 Å². The highest BCUT2D eigenvalue weighted by Gasteiger charge is 2.14. The monoisotopic (exact) mass is 308 g/mol. The SMILES string of the molecule is CCN(CC)C(=O)Cc1csc(-c2ccccc2Cl)n1. The number of hydrogen-bond acceptors (Lipinski definition) is 3. The average Bonchev–Trinajstić information content (AvgIpc) is 2.89. The van der Waals surface area contributed by atoms with Gasteiger partial charge in [0.25, 0.3) is 0 Å². The van der Waals surface area contributed by atoms with E-state index in [1.807, 2.05) is 48.4 Å². The maximum absolute atomic E-state index is 12.1. The molecule has 0 saturated heterocycles. The Morgan fingerprint density at radius 2 is 2.00 bits per heavy atom. The largest absolute Gasteiger partial charge is 0.343 e. The van der Waals surface area contributed by atoms with Crippen LogP contribution in [-0.4, -0.2) is 28.9 Å². The Bertz CT molecular complexity index is 593. The van der Waals surface area contributed by atoms with Crippen LogP contribution in [0.5, 0.6) is 0 Å². The molecular weight excluding hydrogens is 292 g/mol. The topological polar surface area (TPSA) is 33.2 Å². The first-order chi connectivity index (χ1) is 9.65. The van der Waals surface area contributed by atoms with Gasteiger partial charge in [-0.3, -0.25) is 4.79 Å². The third-order valence-electron chi connectivity index (χ3n) is 3.10. The van der Waals surface area contributed by atoms with E-state index in [1.54, 1.807) is 0 Å². The summed E-state index contributed by atoms with van der Waals surface area (Å²) in [6.45, 7) is 5.43. The molecule has 0 N–H and O–H groups in total. The number of amides is 1. The van der Waals surface area contributed by atoms with Crippen LogP contribution in [0.4, 0.5) is 0 Å². The number of hydrogen-bond donors (Lipinski definition) is 0. The number of benzene rings is 1. The summed E-state index contributed by atoms with van der Waals surface area (Å²) >= 11 is 7.68. The summed E-state index contributed by atoms with van der Waals surface area (Å²) in [6, 6.07) is 7.61. The van der Waals surface area contributed by atoms with Gasteiger partial charge in [-0.05, 0) is 19.9 Å². The molecule has 0 fully saturated rings. The molecule has 1 aromatic heterocycles. The first-order valence-electron chi connectivity index (χ1n) is 6.62. The molecule has 2 aromatic rings. The van der Waals surface area contributed by atoms with Gasteiger partial charge >= 0.3 is 0 Å². The van der Waals surface area contributed by atoms with Gasteiger partial charge in [-0.2, -0.15) is 0 Å². The predicted octanol–water partition coefficient (Wildman–Crippen LogP) is 3.87. The quantitative estimate of drug-likeness (QED) is 0.840. The minimum atomic E-state index is 0.117. The van der Waals surface area contributed by atoms with Gasteiger partial charge in [0.05, 0.1) is 17.1 Å². The fourth-order valence-corrected chi connectivity index (χ4v) is 3.13. The highest BCUT2D eigenvalue weighted by Crippen LogP contribution is 2.30. The number of rotatable bonds is 5. The number of halogens is 1. The maximum Gasteiger partial charge on any atom is 0.228 e. The van der Waals surface area contributed by atoms with Crippen molar-refractivity contribution < 1.29 is 4.79 Å². The summed E-state index contributed by atoms with van der Waals surface area (Å²) in [6.07, 6.45) is 0.350. The molecule has 0 atom stereocenters. The Balaban J connectivity index is 2.14. The van der Waals surface area contributed by atoms with E-state index in [1.165, 1.54) is 11.3 Å². The van der Waals surface area contributed by atoms with Crippen LogP contribution in [0, 0.1) is 0 Å². The first-order valence-corrected chi connectivity index (χ1v) is 7.88. The van der Waals surface area contributed by atoms with E-state index < -0.39 is 0 Å². The zero-order valence-corrected chi connectivity index (χ0v) is 13.2. The molecule has 1 amide bonds. The molecule has 0 bridgehead atoms. The van der Waals surface area contributed by atoms with Crippen molar-refractivity contribution in [3.63, 3.8) is 0 Å². The lowest BCUT2D eigenvalue weighted by molar-refractivity contribution is -0.130. The van der Waals surface area contributed by atoms with Gasteiger partial charge in [0.1, 0.15) is 5.01 Å². The molecule has 1 heterocycles. The minimum Gasteiger partial charge on any atom is -0.343 e. The van der Waals surface area contributed by atoms with Crippen LogP contribution in [0.1, 0.15) is 19.5 Å². The molecule has 3 nitrogen and oxygen atoms in total. The molecule has 106 valence electrons. The second-order valence-electron chi connectivity index (χ2n) is 4.37. The molecule has 1 aromatic carbocycles. The van der Waals surface area contributed by atoms with Crippen molar-refractivity contribution in [3.8, 4) is 10.6 Å². The van der Waals surface area contributed by atoms with Crippen molar-refractivity contribution in [1.82, 2.24) is 9.88 Å². The third-order valence-corrected chi connectivity index (χ3v) is 4.36. The van der Waals surface area contributed by atoms with E-state index in [0.29, 0.717) is 11.4 Å². The highest BCUT2D eigenvalue weighted by molar-refractivity contribution is 7.13. The lowest BCUT2D eigenvalue weighted by Crippen LogP contribution is -2.31. The number of carbonyl (C=O) groups excluding carboxylic acids is 1. The lowest BCUT2D eigenvalue weighted by Gasteiger charge is -2.17. The second kappa shape index (κ2) is 6.86. The normalized spacial score (nSPS) is 10.6. The molecule has 0 unspecified atom stereocenters. The van der Waals surface area contributed by atoms with Gasteiger partial charge in [0, 0.05) is 24.0 Å². The molecule has 5 heteroatoms. The van der Waals surface area contributed by atoms with Gasteiger partial charge in [-0.1, -0.05) is 29.8 Å². The van der Waals surface area contributed by atoms with Gasteiger partial charge in [0.2, 0.25) is 5.91 Å². The number of nitrogens with zero attached hydrogens (tertiary/aromatic N) is 2. The lowest BCUT2D eigenvalue weighted by atomic mass is 10.2. The molecular formula is C15H17ClN2OS. The van der Waals surface area contributed by atoms with Gasteiger partial charge < -0.3 is 4.90 Å². The summed E-state index contributed by atoms with van der Waals surface area (Å²) in [5.41, 5.74) is 1.72. The first kappa shape index (κ1) is 15.0. The van der Waals surface area contributed by atoms with Crippen LogP contribution in [-0.2, 0) is 11.2 Å². The summed E-state index contributed by atoms with van der Waals surface area (Å²) in [5.74, 6) is 0.117. The van der Waals surface area contributed by atoms with Crippen LogP contribution in [0.15, 0.2) is 29.6 Å². The summed E-state index contributed by atoms with van der Waals surface area (Å²) in [7, 11) is 0. The second-order valence-corrected chi connectivity index (χ2v) is 5.63. The average molecular weight is 309 g/mol. The number of thiazole rings is 1. The molecule has 0 aliphatic rings. The predicted molar refractivity (Wildman–Crippen MR) is 84.2 cm³/mol. The van der Waals surface area contributed by atoms with Crippen LogP contribution in [0.25, 0.3) is 10.6 Å². The Kier molecular flexibility index (Phi) is 5.15. The Labute approximate surface area is 128 Å². The van der Waals surface area contributed by atoms with E-state index in [2.05, 4.69) is 4.98 Å². The van der Waals surface area contributed by atoms with Gasteiger partial charge in [-0.25, -0.2) is 4.98 Å². The van der Waals surface area contributed by atoms with E-state index in [9.17, 15) is 4.79 Å². The van der Waals surface area contributed by atoms with E-state index in [4.69, 9.17) is 11.6 Å². The summed E-state index contributed by atoms with van der Waals surface area (Å²) < 4.78 is 0. The Morgan fingerprint density at radius 3 is 2.65 bits per heavy atom. The summed E-state index contributed by atoms with van der Waals surface area (Å²) in [4.78, 5) is 18.4. The number of likely N-dealkylation sites (N-methyl/N-ethyl adjacent to an activating group) is 1. The number of carbonyl (C=O) groups is 1. The fraction of sp³-hybridized carbons (Fsp3) is 0.333. The Morgan fingerprint density at radius 1 is 1.30 bits per heavy atom. The van der Waals surface area contributed by atoms with Crippen molar-refractivity contribution >= 4 is 28.8 Å². The molecule has 20 heavy (non-hydrogen) atoms. The molecule has 0 saturated carbocycles. The molecule has 0 aliphatic heterocycles. The van der Waals surface area contributed by atoms with Gasteiger partial charge in [-0.15, -0.1) is 11.3 Å². The molecule has 0 radical (unpaired) electrons. The highest BCUT2D eigenvalue weighted by atomic mass is 35.5. The van der Waals surface area contributed by atoms with Crippen molar-refractivity contribution in [2.45, 2.75) is 20.3 Å². The molecule has 0 aliphatic carbocycles. The molecule has 2 rings (SSSR count). The van der Waals surface area contributed by atoms with Crippen LogP contribution in [0.3, 0.4) is 0 Å². The zero-order valence-electron chi connectivity index (χ0n) is 11.6. The van der Waals surface area contributed by atoms with Crippen molar-refractivity contribution in [1.29, 1.82) is 0 Å². The number of aromatic nitrogens is 1. The van der Waals surface area contributed by atoms with Crippen LogP contribution < -0.4 is 0 Å². The van der Waals surface area contributed by atoms with E-state index in [0.717, 1.165) is 29.4 Å². The van der Waals surface area contributed by atoms with E-state index >= 15 is 0 Å². The third kappa shape index (κ3) is 3.38. The maximum atomic E-state index is 12.1. The smallest absolute Gasteiger partial charge is 0.228 e. The molecule has 0 spiro atoms. The summed E-state index contributed by atoms with van der Waals surface area (Å²) in [5, 5.41) is 3.47. The fourth-order valence-electron chi connectivity index (χ4n) is 1.99. The van der Waals surface area contributed by atoms with Gasteiger partial charge in [0.15, 0.2) is 0 Å². The standard InChI is InChI=1S/C15H17ClN2OS/c1-3-18(4-2)14(19)9-11-10-20-15(17-11)12-7-5-6-8-13(12)16/h5-8,10H,3-4,9H2,1-2H3.